The summed E-state index contributed by atoms with van der Waals surface area (Å²) < 4.78 is 12.9. The Labute approximate surface area is 164 Å². The topological polar surface area (TPSA) is 52.8 Å². The van der Waals surface area contributed by atoms with Gasteiger partial charge in [-0.05, 0) is 43.2 Å². The molecule has 5 nitrogen and oxygen atoms in total. The van der Waals surface area contributed by atoms with Gasteiger partial charge < -0.3 is 14.0 Å². The molecule has 1 fully saturated rings. The number of rotatable bonds is 5. The van der Waals surface area contributed by atoms with Gasteiger partial charge in [0, 0.05) is 17.1 Å². The zero-order valence-electron chi connectivity index (χ0n) is 17.0. The summed E-state index contributed by atoms with van der Waals surface area (Å²) in [5.41, 5.74) is 1.64. The summed E-state index contributed by atoms with van der Waals surface area (Å²) in [5, 5.41) is 0. The van der Waals surface area contributed by atoms with Crippen LogP contribution in [0.5, 0.6) is 11.5 Å². The van der Waals surface area contributed by atoms with Gasteiger partial charge in [0.25, 0.3) is 5.91 Å². The highest BCUT2D eigenvalue weighted by atomic mass is 32.1. The number of para-hydroxylation sites is 1. The molecule has 0 spiro atoms. The third-order valence-corrected chi connectivity index (χ3v) is 6.41. The summed E-state index contributed by atoms with van der Waals surface area (Å²) in [6.07, 6.45) is 2.51. The van der Waals surface area contributed by atoms with E-state index in [1.54, 1.807) is 36.6 Å². The first kappa shape index (κ1) is 19.7. The standard InChI is InChI=1S/C21H28N2O3S/c1-13-18(21(2,3)4)27-20(23(13)12-14-10-11-14)22-19(24)15-8-7-9-16(25-5)17(15)26-6/h7-9,14H,10-12H2,1-6H3. The SMILES string of the molecule is COc1cccc(C(=O)N=c2sc(C(C)(C)C)c(C)n2CC2CC2)c1OC. The highest BCUT2D eigenvalue weighted by Crippen LogP contribution is 2.34. The molecule has 1 amide bonds. The molecule has 1 saturated carbocycles. The minimum absolute atomic E-state index is 0.0184. The Balaban J connectivity index is 2.10. The van der Waals surface area contributed by atoms with Crippen molar-refractivity contribution in [2.24, 2.45) is 10.9 Å². The van der Waals surface area contributed by atoms with Crippen molar-refractivity contribution in [3.63, 3.8) is 0 Å². The van der Waals surface area contributed by atoms with Crippen molar-refractivity contribution in [1.29, 1.82) is 0 Å². The van der Waals surface area contributed by atoms with Gasteiger partial charge in [-0.1, -0.05) is 26.8 Å². The van der Waals surface area contributed by atoms with Gasteiger partial charge in [-0.25, -0.2) is 0 Å². The first-order valence-electron chi connectivity index (χ1n) is 9.27. The molecule has 1 aromatic carbocycles. The summed E-state index contributed by atoms with van der Waals surface area (Å²) >= 11 is 1.61. The Morgan fingerprint density at radius 3 is 2.52 bits per heavy atom. The van der Waals surface area contributed by atoms with Gasteiger partial charge in [-0.3, -0.25) is 4.79 Å². The van der Waals surface area contributed by atoms with Crippen molar-refractivity contribution in [3.05, 3.63) is 39.1 Å². The van der Waals surface area contributed by atoms with E-state index in [0.717, 1.165) is 11.3 Å². The van der Waals surface area contributed by atoms with Gasteiger partial charge in [-0.15, -0.1) is 11.3 Å². The zero-order chi connectivity index (χ0) is 19.8. The lowest BCUT2D eigenvalue weighted by atomic mass is 9.93. The van der Waals surface area contributed by atoms with Crippen molar-refractivity contribution in [2.75, 3.05) is 14.2 Å². The lowest BCUT2D eigenvalue weighted by Gasteiger charge is -2.17. The second kappa shape index (κ2) is 7.50. The van der Waals surface area contributed by atoms with Crippen LogP contribution in [0.2, 0.25) is 0 Å². The van der Waals surface area contributed by atoms with Crippen LogP contribution >= 0.6 is 11.3 Å². The normalized spacial score (nSPS) is 15.1. The number of hydrogen-bond donors (Lipinski definition) is 0. The fourth-order valence-electron chi connectivity index (χ4n) is 3.24. The average molecular weight is 389 g/mol. The van der Waals surface area contributed by atoms with Gasteiger partial charge in [0.05, 0.1) is 19.8 Å². The van der Waals surface area contributed by atoms with Gasteiger partial charge in [0.2, 0.25) is 0 Å². The Kier molecular flexibility index (Phi) is 5.47. The first-order chi connectivity index (χ1) is 12.8. The largest absolute Gasteiger partial charge is 0.493 e. The molecular weight excluding hydrogens is 360 g/mol. The number of methoxy groups -OCH3 is 2. The summed E-state index contributed by atoms with van der Waals surface area (Å²) in [6, 6.07) is 5.28. The lowest BCUT2D eigenvalue weighted by molar-refractivity contribution is 0.0994. The average Bonchev–Trinajstić information content (AvgIpc) is 3.39. The molecule has 146 valence electrons. The van der Waals surface area contributed by atoms with Crippen molar-refractivity contribution in [2.45, 2.75) is 52.5 Å². The van der Waals surface area contributed by atoms with E-state index in [-0.39, 0.29) is 11.3 Å². The van der Waals surface area contributed by atoms with E-state index in [0.29, 0.717) is 23.0 Å². The molecule has 1 aliphatic rings. The Hall–Kier alpha value is -2.08. The van der Waals surface area contributed by atoms with E-state index in [1.807, 2.05) is 0 Å². The quantitative estimate of drug-likeness (QED) is 0.766. The van der Waals surface area contributed by atoms with Crippen molar-refractivity contribution in [3.8, 4) is 11.5 Å². The lowest BCUT2D eigenvalue weighted by Crippen LogP contribution is -2.20. The van der Waals surface area contributed by atoms with Crippen molar-refractivity contribution >= 4 is 17.2 Å². The third-order valence-electron chi connectivity index (χ3n) is 4.81. The van der Waals surface area contributed by atoms with Crippen molar-refractivity contribution in [1.82, 2.24) is 4.57 Å². The smallest absolute Gasteiger partial charge is 0.283 e. The maximum atomic E-state index is 13.0. The molecule has 0 aliphatic heterocycles. The molecule has 0 radical (unpaired) electrons. The predicted molar refractivity (Wildman–Crippen MR) is 108 cm³/mol. The molecule has 1 heterocycles. The molecule has 2 aromatic rings. The fraction of sp³-hybridized carbons (Fsp3) is 0.524. The van der Waals surface area contributed by atoms with Crippen LogP contribution in [-0.2, 0) is 12.0 Å². The molecule has 3 rings (SSSR count). The number of ether oxygens (including phenoxy) is 2. The van der Waals surface area contributed by atoms with Crippen LogP contribution in [0.4, 0.5) is 0 Å². The summed E-state index contributed by atoms with van der Waals surface area (Å²) in [7, 11) is 3.10. The molecule has 1 aromatic heterocycles. The number of thiazole rings is 1. The number of benzene rings is 1. The third kappa shape index (κ3) is 4.10. The molecule has 0 N–H and O–H groups in total. The number of aromatic nitrogens is 1. The molecule has 0 bridgehead atoms. The summed E-state index contributed by atoms with van der Waals surface area (Å²) in [5.74, 6) is 1.34. The van der Waals surface area contributed by atoms with Crippen LogP contribution in [-0.4, -0.2) is 24.7 Å². The van der Waals surface area contributed by atoms with E-state index in [9.17, 15) is 4.79 Å². The van der Waals surface area contributed by atoms with Crippen LogP contribution in [0.1, 0.15) is 54.5 Å². The van der Waals surface area contributed by atoms with Gasteiger partial charge >= 0.3 is 0 Å². The van der Waals surface area contributed by atoms with Gasteiger partial charge in [0.15, 0.2) is 16.3 Å². The summed E-state index contributed by atoms with van der Waals surface area (Å²) in [6.45, 7) is 9.66. The highest BCUT2D eigenvalue weighted by Gasteiger charge is 2.27. The molecule has 27 heavy (non-hydrogen) atoms. The van der Waals surface area contributed by atoms with Crippen LogP contribution in [0.15, 0.2) is 23.2 Å². The molecule has 1 aliphatic carbocycles. The van der Waals surface area contributed by atoms with Gasteiger partial charge in [-0.2, -0.15) is 4.99 Å². The highest BCUT2D eigenvalue weighted by molar-refractivity contribution is 7.09. The number of hydrogen-bond acceptors (Lipinski definition) is 4. The Morgan fingerprint density at radius 1 is 1.26 bits per heavy atom. The maximum Gasteiger partial charge on any atom is 0.283 e. The maximum absolute atomic E-state index is 13.0. The van der Waals surface area contributed by atoms with Crippen molar-refractivity contribution < 1.29 is 14.3 Å². The monoisotopic (exact) mass is 388 g/mol. The van der Waals surface area contributed by atoms with Gasteiger partial charge in [0.1, 0.15) is 0 Å². The minimum atomic E-state index is -0.308. The van der Waals surface area contributed by atoms with Crippen LogP contribution in [0.25, 0.3) is 0 Å². The van der Waals surface area contributed by atoms with E-state index in [2.05, 4.69) is 37.3 Å². The number of carbonyl (C=O) groups excluding carboxylic acids is 1. The second-order valence-corrected chi connectivity index (χ2v) is 9.04. The van der Waals surface area contributed by atoms with Crippen LogP contribution < -0.4 is 14.3 Å². The fourth-order valence-corrected chi connectivity index (χ4v) is 4.44. The van der Waals surface area contributed by atoms with E-state index < -0.39 is 0 Å². The molecule has 6 heteroatoms. The molecule has 0 unspecified atom stereocenters. The molecule has 0 atom stereocenters. The van der Waals surface area contributed by atoms with Crippen LogP contribution in [0, 0.1) is 12.8 Å². The first-order valence-corrected chi connectivity index (χ1v) is 10.1. The van der Waals surface area contributed by atoms with E-state index in [4.69, 9.17) is 9.47 Å². The van der Waals surface area contributed by atoms with E-state index >= 15 is 0 Å². The number of carbonyl (C=O) groups is 1. The summed E-state index contributed by atoms with van der Waals surface area (Å²) in [4.78, 5) is 19.5. The predicted octanol–water partition coefficient (Wildman–Crippen LogP) is 4.32. The van der Waals surface area contributed by atoms with Crippen LogP contribution in [0.3, 0.4) is 0 Å². The Morgan fingerprint density at radius 2 is 1.96 bits per heavy atom. The molecule has 0 saturated heterocycles. The minimum Gasteiger partial charge on any atom is -0.493 e. The molecular formula is C21H28N2O3S. The number of nitrogens with zero attached hydrogens (tertiary/aromatic N) is 2. The van der Waals surface area contributed by atoms with E-state index in [1.165, 1.54) is 30.5 Å². The number of amides is 1. The Bertz CT molecular complexity index is 914. The zero-order valence-corrected chi connectivity index (χ0v) is 17.8. The second-order valence-electron chi connectivity index (χ2n) is 8.06.